The molecule has 1 aromatic carbocycles. The summed E-state index contributed by atoms with van der Waals surface area (Å²) in [6.45, 7) is 2.02. The molecule has 4 rings (SSSR count). The Labute approximate surface area is 179 Å². The van der Waals surface area contributed by atoms with Gasteiger partial charge in [-0.2, -0.15) is 5.10 Å². The van der Waals surface area contributed by atoms with Crippen molar-refractivity contribution in [1.29, 1.82) is 0 Å². The highest BCUT2D eigenvalue weighted by Gasteiger charge is 2.15. The van der Waals surface area contributed by atoms with Crippen molar-refractivity contribution >= 4 is 51.8 Å². The number of pyridine rings is 1. The molecule has 9 nitrogen and oxygen atoms in total. The fourth-order valence-corrected chi connectivity index (χ4v) is 2.93. The maximum Gasteiger partial charge on any atom is 0.228 e. The van der Waals surface area contributed by atoms with Gasteiger partial charge in [0.25, 0.3) is 0 Å². The molecular formula is C20H21N9S. The second-order valence-corrected chi connectivity index (χ2v) is 7.15. The van der Waals surface area contributed by atoms with E-state index in [0.717, 1.165) is 28.0 Å². The van der Waals surface area contributed by atoms with Crippen LogP contribution in [-0.4, -0.2) is 44.5 Å². The number of benzene rings is 1. The van der Waals surface area contributed by atoms with Crippen molar-refractivity contribution in [2.24, 2.45) is 10.8 Å². The summed E-state index contributed by atoms with van der Waals surface area (Å²) < 4.78 is 0. The molecule has 1 atom stereocenters. The second kappa shape index (κ2) is 8.29. The molecule has 0 amide bonds. The maximum absolute atomic E-state index is 5.59. The zero-order valence-electron chi connectivity index (χ0n) is 16.5. The van der Waals surface area contributed by atoms with Gasteiger partial charge in [-0.1, -0.05) is 6.07 Å². The number of fused-ring (bicyclic) bond motifs is 1. The van der Waals surface area contributed by atoms with E-state index in [0.29, 0.717) is 11.6 Å². The van der Waals surface area contributed by atoms with Crippen molar-refractivity contribution in [3.8, 4) is 0 Å². The number of nitrogens with two attached hydrogens (primary N) is 1. The molecule has 2 aromatic heterocycles. The molecule has 3 heterocycles. The van der Waals surface area contributed by atoms with Crippen LogP contribution in [0.15, 0.2) is 53.9 Å². The number of thiocarbonyl (C=S) groups is 1. The zero-order valence-corrected chi connectivity index (χ0v) is 17.3. The van der Waals surface area contributed by atoms with E-state index in [9.17, 15) is 0 Å². The molecule has 1 unspecified atom stereocenters. The molecule has 3 aromatic rings. The molecular weight excluding hydrogens is 398 g/mol. The molecule has 1 aliphatic rings. The van der Waals surface area contributed by atoms with Gasteiger partial charge in [-0.25, -0.2) is 15.0 Å². The van der Waals surface area contributed by atoms with Crippen LogP contribution >= 0.6 is 12.2 Å². The van der Waals surface area contributed by atoms with E-state index >= 15 is 0 Å². The lowest BCUT2D eigenvalue weighted by Crippen LogP contribution is -2.28. The molecule has 0 radical (unpaired) electrons. The Bertz CT molecular complexity index is 1160. The van der Waals surface area contributed by atoms with Gasteiger partial charge in [0.05, 0.1) is 35.0 Å². The fraction of sp³-hybridized carbons (Fsp3) is 0.150. The van der Waals surface area contributed by atoms with Crippen LogP contribution < -0.4 is 21.7 Å². The van der Waals surface area contributed by atoms with Crippen molar-refractivity contribution in [2.75, 3.05) is 12.4 Å². The van der Waals surface area contributed by atoms with Gasteiger partial charge in [-0.05, 0) is 49.5 Å². The lowest BCUT2D eigenvalue weighted by Gasteiger charge is -2.12. The first-order chi connectivity index (χ1) is 14.5. The summed E-state index contributed by atoms with van der Waals surface area (Å²) in [6.07, 6.45) is 5.37. The number of nitrogens with zero attached hydrogens (tertiary/aromatic N) is 5. The highest BCUT2D eigenvalue weighted by atomic mass is 32.1. The lowest BCUT2D eigenvalue weighted by atomic mass is 10.2. The van der Waals surface area contributed by atoms with Crippen molar-refractivity contribution in [3.05, 3.63) is 60.2 Å². The average Bonchev–Trinajstić information content (AvgIpc) is 3.18. The smallest absolute Gasteiger partial charge is 0.228 e. The standard InChI is InChI=1S/C20H21N9S/c1-12-23-11-18(25-12)17-9-15(10-24-29(2)19(21)30)27-20(28-17)26-14-5-6-16-13(8-14)4-3-7-22-16/h3-12,23,25H,1-2H3,(H2,21,30)(H,26,27,28)/b24-10+. The van der Waals surface area contributed by atoms with E-state index in [4.69, 9.17) is 18.0 Å². The molecule has 5 N–H and O–H groups in total. The van der Waals surface area contributed by atoms with Gasteiger partial charge < -0.3 is 21.7 Å². The maximum atomic E-state index is 5.59. The third kappa shape index (κ3) is 4.44. The lowest BCUT2D eigenvalue weighted by molar-refractivity contribution is 0.552. The number of rotatable bonds is 5. The molecule has 1 aliphatic heterocycles. The van der Waals surface area contributed by atoms with Crippen LogP contribution in [0, 0.1) is 0 Å². The number of hydrazone groups is 1. The average molecular weight is 420 g/mol. The van der Waals surface area contributed by atoms with E-state index in [1.165, 1.54) is 5.01 Å². The van der Waals surface area contributed by atoms with E-state index in [1.54, 1.807) is 19.5 Å². The zero-order chi connectivity index (χ0) is 21.1. The number of hydrogen-bond donors (Lipinski definition) is 4. The molecule has 0 fully saturated rings. The summed E-state index contributed by atoms with van der Waals surface area (Å²) in [4.78, 5) is 13.6. The van der Waals surface area contributed by atoms with Crippen LogP contribution in [0.25, 0.3) is 16.6 Å². The summed E-state index contributed by atoms with van der Waals surface area (Å²) in [5.74, 6) is 0.442. The summed E-state index contributed by atoms with van der Waals surface area (Å²) in [5, 5.41) is 16.6. The predicted octanol–water partition coefficient (Wildman–Crippen LogP) is 2.11. The summed E-state index contributed by atoms with van der Waals surface area (Å²) in [7, 11) is 1.68. The number of hydrogen-bond acceptors (Lipinski definition) is 8. The van der Waals surface area contributed by atoms with E-state index < -0.39 is 0 Å². The van der Waals surface area contributed by atoms with E-state index in [1.807, 2.05) is 49.5 Å². The van der Waals surface area contributed by atoms with Crippen LogP contribution in [0.1, 0.15) is 18.3 Å². The third-order valence-electron chi connectivity index (χ3n) is 4.41. The molecule has 0 saturated carbocycles. The van der Waals surface area contributed by atoms with Crippen LogP contribution in [0.3, 0.4) is 0 Å². The van der Waals surface area contributed by atoms with E-state index in [2.05, 4.69) is 36.0 Å². The molecule has 0 bridgehead atoms. The SMILES string of the molecule is CC1NC=C(c2cc(/C=N/N(C)C(N)=S)nc(Nc3ccc4ncccc4c3)n2)N1. The highest BCUT2D eigenvalue weighted by Crippen LogP contribution is 2.21. The normalized spacial score (nSPS) is 15.5. The van der Waals surface area contributed by atoms with Gasteiger partial charge in [0, 0.05) is 30.5 Å². The minimum Gasteiger partial charge on any atom is -0.375 e. The number of nitrogens with one attached hydrogen (secondary N) is 3. The molecule has 30 heavy (non-hydrogen) atoms. The first kappa shape index (κ1) is 19.5. The van der Waals surface area contributed by atoms with Crippen LogP contribution in [0.4, 0.5) is 11.6 Å². The fourth-order valence-electron chi connectivity index (χ4n) is 2.88. The molecule has 0 saturated heterocycles. The van der Waals surface area contributed by atoms with Crippen LogP contribution in [0.5, 0.6) is 0 Å². The minimum absolute atomic E-state index is 0.122. The molecule has 0 aliphatic carbocycles. The minimum atomic E-state index is 0.122. The van der Waals surface area contributed by atoms with Crippen molar-refractivity contribution in [1.82, 2.24) is 30.6 Å². The largest absolute Gasteiger partial charge is 0.375 e. The first-order valence-corrected chi connectivity index (χ1v) is 9.70. The number of anilines is 2. The van der Waals surface area contributed by atoms with Crippen LogP contribution in [0.2, 0.25) is 0 Å². The summed E-state index contributed by atoms with van der Waals surface area (Å²) in [5.41, 5.74) is 9.57. The van der Waals surface area contributed by atoms with Crippen LogP contribution in [-0.2, 0) is 0 Å². The summed E-state index contributed by atoms with van der Waals surface area (Å²) >= 11 is 4.92. The highest BCUT2D eigenvalue weighted by molar-refractivity contribution is 7.80. The Balaban J connectivity index is 1.68. The Morgan fingerprint density at radius 1 is 1.30 bits per heavy atom. The third-order valence-corrected chi connectivity index (χ3v) is 4.68. The quantitative estimate of drug-likeness (QED) is 0.280. The number of aromatic nitrogens is 3. The van der Waals surface area contributed by atoms with Gasteiger partial charge in [0.2, 0.25) is 5.95 Å². The van der Waals surface area contributed by atoms with Gasteiger partial charge in [0.1, 0.15) is 0 Å². The van der Waals surface area contributed by atoms with Gasteiger partial charge in [0.15, 0.2) is 5.11 Å². The first-order valence-electron chi connectivity index (χ1n) is 9.29. The topological polar surface area (TPSA) is 116 Å². The Kier molecular flexibility index (Phi) is 5.40. The van der Waals surface area contributed by atoms with Gasteiger partial charge >= 0.3 is 0 Å². The Morgan fingerprint density at radius 2 is 2.17 bits per heavy atom. The molecule has 152 valence electrons. The van der Waals surface area contributed by atoms with Crippen molar-refractivity contribution in [3.63, 3.8) is 0 Å². The van der Waals surface area contributed by atoms with Gasteiger partial charge in [-0.15, -0.1) is 0 Å². The Hall–Kier alpha value is -3.79. The van der Waals surface area contributed by atoms with Gasteiger partial charge in [-0.3, -0.25) is 4.98 Å². The molecule has 0 spiro atoms. The Morgan fingerprint density at radius 3 is 2.93 bits per heavy atom. The predicted molar refractivity (Wildman–Crippen MR) is 123 cm³/mol. The van der Waals surface area contributed by atoms with Crippen molar-refractivity contribution in [2.45, 2.75) is 13.1 Å². The monoisotopic (exact) mass is 419 g/mol. The second-order valence-electron chi connectivity index (χ2n) is 6.73. The summed E-state index contributed by atoms with van der Waals surface area (Å²) in [6, 6.07) is 11.6. The van der Waals surface area contributed by atoms with E-state index in [-0.39, 0.29) is 11.3 Å². The molecule has 10 heteroatoms. The van der Waals surface area contributed by atoms with Crippen molar-refractivity contribution < 1.29 is 0 Å².